The third-order valence-electron chi connectivity index (χ3n) is 7.91. The van der Waals surface area contributed by atoms with Crippen molar-refractivity contribution in [3.8, 4) is 0 Å². The Morgan fingerprint density at radius 1 is 0.969 bits per heavy atom. The minimum Gasteiger partial charge on any atom is -0.334 e. The lowest BCUT2D eigenvalue weighted by atomic mass is 9.71. The van der Waals surface area contributed by atoms with Crippen LogP contribution in [0.4, 0.5) is 0 Å². The summed E-state index contributed by atoms with van der Waals surface area (Å²) >= 11 is 0. The number of halogens is 2. The van der Waals surface area contributed by atoms with Gasteiger partial charge in [-0.25, -0.2) is 0 Å². The summed E-state index contributed by atoms with van der Waals surface area (Å²) in [5.74, 6) is 1.41. The molecule has 3 saturated heterocycles. The Morgan fingerprint density at radius 2 is 1.62 bits per heavy atom. The normalized spacial score (nSPS) is 26.7. The van der Waals surface area contributed by atoms with E-state index in [1.165, 1.54) is 16.7 Å². The van der Waals surface area contributed by atoms with Gasteiger partial charge < -0.3 is 15.1 Å². The highest BCUT2D eigenvalue weighted by atomic mass is 35.5. The lowest BCUT2D eigenvalue weighted by Crippen LogP contribution is -2.52. The fourth-order valence-corrected chi connectivity index (χ4v) is 6.10. The van der Waals surface area contributed by atoms with E-state index in [1.807, 2.05) is 0 Å². The van der Waals surface area contributed by atoms with Crippen LogP contribution in [0.25, 0.3) is 0 Å². The molecule has 3 heterocycles. The van der Waals surface area contributed by atoms with E-state index in [0.29, 0.717) is 17.7 Å². The fraction of sp³-hybridized carbons (Fsp3) is 0.500. The molecule has 32 heavy (non-hydrogen) atoms. The van der Waals surface area contributed by atoms with Gasteiger partial charge in [-0.3, -0.25) is 4.79 Å². The maximum atomic E-state index is 14.4. The second kappa shape index (κ2) is 10.1. The summed E-state index contributed by atoms with van der Waals surface area (Å²) in [4.78, 5) is 19.1. The SMILES string of the molecule is Cc1ccccc1[C@@H]1[C@H]2CNC[C@H]2CN1C(=O)C1(c2ccccc2)CCN(C)CC1.Cl.Cl. The largest absolute Gasteiger partial charge is 0.334 e. The number of piperidine rings is 1. The van der Waals surface area contributed by atoms with Gasteiger partial charge in [-0.1, -0.05) is 54.6 Å². The van der Waals surface area contributed by atoms with Crippen molar-refractivity contribution in [3.63, 3.8) is 0 Å². The number of carbonyl (C=O) groups is 1. The number of rotatable bonds is 3. The summed E-state index contributed by atoms with van der Waals surface area (Å²) in [5, 5.41) is 3.58. The second-order valence-corrected chi connectivity index (χ2v) is 9.59. The Balaban J connectivity index is 0.00000144. The van der Waals surface area contributed by atoms with E-state index in [0.717, 1.165) is 45.6 Å². The van der Waals surface area contributed by atoms with Crippen LogP contribution in [0.3, 0.4) is 0 Å². The third-order valence-corrected chi connectivity index (χ3v) is 7.91. The molecule has 5 rings (SSSR count). The van der Waals surface area contributed by atoms with Crippen LogP contribution < -0.4 is 5.32 Å². The van der Waals surface area contributed by atoms with Crippen molar-refractivity contribution in [1.82, 2.24) is 15.1 Å². The zero-order valence-corrected chi connectivity index (χ0v) is 20.6. The zero-order chi connectivity index (χ0) is 20.7. The minimum absolute atomic E-state index is 0. The first-order chi connectivity index (χ1) is 14.6. The Hall–Kier alpha value is -1.59. The van der Waals surface area contributed by atoms with Gasteiger partial charge >= 0.3 is 0 Å². The van der Waals surface area contributed by atoms with E-state index in [9.17, 15) is 4.79 Å². The van der Waals surface area contributed by atoms with Crippen LogP contribution >= 0.6 is 24.8 Å². The van der Waals surface area contributed by atoms with Crippen molar-refractivity contribution in [2.45, 2.75) is 31.2 Å². The smallest absolute Gasteiger partial charge is 0.233 e. The Bertz CT molecular complexity index is 914. The maximum Gasteiger partial charge on any atom is 0.233 e. The third kappa shape index (κ3) is 4.19. The molecule has 2 aromatic rings. The lowest BCUT2D eigenvalue weighted by Gasteiger charge is -2.44. The van der Waals surface area contributed by atoms with E-state index in [1.54, 1.807) is 0 Å². The molecule has 174 valence electrons. The number of hydrogen-bond donors (Lipinski definition) is 1. The molecule has 0 spiro atoms. The molecule has 6 heteroatoms. The van der Waals surface area contributed by atoms with Crippen molar-refractivity contribution in [1.29, 1.82) is 0 Å². The van der Waals surface area contributed by atoms with Crippen LogP contribution in [-0.2, 0) is 10.2 Å². The number of likely N-dealkylation sites (tertiary alicyclic amines) is 2. The van der Waals surface area contributed by atoms with Crippen molar-refractivity contribution < 1.29 is 4.79 Å². The molecule has 3 aliphatic rings. The predicted molar refractivity (Wildman–Crippen MR) is 135 cm³/mol. The molecular formula is C26H35Cl2N3O. The van der Waals surface area contributed by atoms with E-state index in [2.05, 4.69) is 83.7 Å². The van der Waals surface area contributed by atoms with Crippen LogP contribution in [-0.4, -0.2) is 55.5 Å². The Kier molecular flexibility index (Phi) is 7.93. The van der Waals surface area contributed by atoms with Gasteiger partial charge in [0.25, 0.3) is 0 Å². The van der Waals surface area contributed by atoms with Crippen LogP contribution in [0.2, 0.25) is 0 Å². The van der Waals surface area contributed by atoms with Gasteiger partial charge in [-0.2, -0.15) is 0 Å². The molecular weight excluding hydrogens is 441 g/mol. The molecule has 0 saturated carbocycles. The number of amides is 1. The monoisotopic (exact) mass is 475 g/mol. The van der Waals surface area contributed by atoms with E-state index in [4.69, 9.17) is 0 Å². The maximum absolute atomic E-state index is 14.4. The van der Waals surface area contributed by atoms with Gasteiger partial charge in [0.1, 0.15) is 0 Å². The molecule has 4 nitrogen and oxygen atoms in total. The van der Waals surface area contributed by atoms with Gasteiger partial charge in [0.05, 0.1) is 11.5 Å². The summed E-state index contributed by atoms with van der Waals surface area (Å²) in [6.45, 7) is 7.04. The molecule has 2 aromatic carbocycles. The van der Waals surface area contributed by atoms with Crippen LogP contribution in [0.5, 0.6) is 0 Å². The van der Waals surface area contributed by atoms with Gasteiger partial charge in [-0.05, 0) is 62.5 Å². The summed E-state index contributed by atoms with van der Waals surface area (Å²) < 4.78 is 0. The van der Waals surface area contributed by atoms with Crippen LogP contribution in [0, 0.1) is 18.8 Å². The number of carbonyl (C=O) groups excluding carboxylic acids is 1. The standard InChI is InChI=1S/C26H33N3O.2ClH/c1-19-8-6-7-11-22(19)24-23-17-27-16-20(23)18-29(24)25(30)26(12-14-28(2)15-13-26)21-9-4-3-5-10-21;;/h3-11,20,23-24,27H,12-18H2,1-2H3;2*1H/t20-,23-,24+;;/m0../s1. The molecule has 1 N–H and O–H groups in total. The van der Waals surface area contributed by atoms with E-state index < -0.39 is 5.41 Å². The molecule has 0 radical (unpaired) electrons. The van der Waals surface area contributed by atoms with Gasteiger partial charge in [0.2, 0.25) is 5.91 Å². The number of aryl methyl sites for hydroxylation is 1. The number of benzene rings is 2. The van der Waals surface area contributed by atoms with Crippen LogP contribution in [0.1, 0.15) is 35.6 Å². The lowest BCUT2D eigenvalue weighted by molar-refractivity contribution is -0.141. The number of hydrogen-bond acceptors (Lipinski definition) is 3. The average Bonchev–Trinajstić information content (AvgIpc) is 3.37. The van der Waals surface area contributed by atoms with Crippen molar-refractivity contribution in [2.75, 3.05) is 39.8 Å². The minimum atomic E-state index is -0.402. The highest BCUT2D eigenvalue weighted by Crippen LogP contribution is 2.47. The van der Waals surface area contributed by atoms with Crippen molar-refractivity contribution >= 4 is 30.7 Å². The average molecular weight is 476 g/mol. The highest BCUT2D eigenvalue weighted by Gasteiger charge is 2.52. The quantitative estimate of drug-likeness (QED) is 0.721. The van der Waals surface area contributed by atoms with Crippen molar-refractivity contribution in [2.24, 2.45) is 11.8 Å². The first-order valence-corrected chi connectivity index (χ1v) is 11.4. The fourth-order valence-electron chi connectivity index (χ4n) is 6.10. The predicted octanol–water partition coefficient (Wildman–Crippen LogP) is 4.22. The molecule has 0 bridgehead atoms. The molecule has 3 aliphatic heterocycles. The molecule has 3 atom stereocenters. The van der Waals surface area contributed by atoms with E-state index >= 15 is 0 Å². The molecule has 0 aromatic heterocycles. The highest BCUT2D eigenvalue weighted by molar-refractivity contribution is 5.89. The van der Waals surface area contributed by atoms with Gasteiger partial charge in [0.15, 0.2) is 0 Å². The summed E-state index contributed by atoms with van der Waals surface area (Å²) in [6.07, 6.45) is 1.80. The first-order valence-electron chi connectivity index (χ1n) is 11.4. The number of fused-ring (bicyclic) bond motifs is 1. The number of nitrogens with one attached hydrogen (secondary N) is 1. The summed E-state index contributed by atoms with van der Waals surface area (Å²) in [6, 6.07) is 19.4. The molecule has 1 amide bonds. The van der Waals surface area contributed by atoms with Gasteiger partial charge in [0, 0.05) is 25.6 Å². The Morgan fingerprint density at radius 3 is 2.31 bits per heavy atom. The first kappa shape index (κ1) is 25.0. The topological polar surface area (TPSA) is 35.6 Å². The number of nitrogens with zero attached hydrogens (tertiary/aromatic N) is 2. The second-order valence-electron chi connectivity index (χ2n) is 9.59. The molecule has 0 unspecified atom stereocenters. The Labute approximate surface area is 204 Å². The zero-order valence-electron chi connectivity index (χ0n) is 19.0. The molecule has 3 fully saturated rings. The van der Waals surface area contributed by atoms with Crippen molar-refractivity contribution in [3.05, 3.63) is 71.3 Å². The summed E-state index contributed by atoms with van der Waals surface area (Å²) in [7, 11) is 2.17. The van der Waals surface area contributed by atoms with E-state index in [-0.39, 0.29) is 30.9 Å². The molecule has 0 aliphatic carbocycles. The van der Waals surface area contributed by atoms with Gasteiger partial charge in [-0.15, -0.1) is 24.8 Å². The van der Waals surface area contributed by atoms with Crippen LogP contribution in [0.15, 0.2) is 54.6 Å². The summed E-state index contributed by atoms with van der Waals surface area (Å²) in [5.41, 5.74) is 3.42.